The summed E-state index contributed by atoms with van der Waals surface area (Å²) < 4.78 is 0. The van der Waals surface area contributed by atoms with Gasteiger partial charge in [0, 0.05) is 35.8 Å². The van der Waals surface area contributed by atoms with Gasteiger partial charge in [-0.3, -0.25) is 9.78 Å². The molecule has 37 heavy (non-hydrogen) atoms. The van der Waals surface area contributed by atoms with Crippen LogP contribution in [0, 0.1) is 24.7 Å². The van der Waals surface area contributed by atoms with Gasteiger partial charge >= 0.3 is 0 Å². The molecule has 0 bridgehead atoms. The van der Waals surface area contributed by atoms with Gasteiger partial charge in [-0.05, 0) is 91.8 Å². The molecule has 2 aliphatic rings. The number of aromatic nitrogens is 1. The van der Waals surface area contributed by atoms with Crippen LogP contribution in [0.2, 0.25) is 0 Å². The first-order valence-corrected chi connectivity index (χ1v) is 13.5. The summed E-state index contributed by atoms with van der Waals surface area (Å²) >= 11 is 0. The van der Waals surface area contributed by atoms with Gasteiger partial charge in [0.05, 0.1) is 0 Å². The van der Waals surface area contributed by atoms with Gasteiger partial charge in [-0.15, -0.1) is 5.92 Å². The van der Waals surface area contributed by atoms with Crippen LogP contribution in [0.25, 0.3) is 0 Å². The summed E-state index contributed by atoms with van der Waals surface area (Å²) in [6, 6.07) is 20.9. The number of benzene rings is 2. The minimum absolute atomic E-state index is 0.0573. The van der Waals surface area contributed by atoms with Crippen LogP contribution in [0.15, 0.2) is 66.9 Å². The van der Waals surface area contributed by atoms with Crippen molar-refractivity contribution in [3.05, 3.63) is 100 Å². The number of amides is 1. The molecule has 5 rings (SSSR count). The van der Waals surface area contributed by atoms with E-state index in [2.05, 4.69) is 64.6 Å². The van der Waals surface area contributed by atoms with Crippen LogP contribution in [0.5, 0.6) is 0 Å². The molecule has 0 aliphatic heterocycles. The van der Waals surface area contributed by atoms with Crippen LogP contribution in [0.3, 0.4) is 0 Å². The zero-order chi connectivity index (χ0) is 25.9. The number of fused-ring (bicyclic) bond motifs is 3. The molecule has 0 saturated heterocycles. The van der Waals surface area contributed by atoms with E-state index in [0.29, 0.717) is 30.9 Å². The third-order valence-electron chi connectivity index (χ3n) is 8.43. The summed E-state index contributed by atoms with van der Waals surface area (Å²) in [5.41, 5.74) is 5.64. The largest absolute Gasteiger partial charge is 0.378 e. The minimum atomic E-state index is -0.900. The van der Waals surface area contributed by atoms with Crippen molar-refractivity contribution in [2.45, 2.75) is 76.4 Å². The molecule has 4 heteroatoms. The maximum Gasteiger partial charge on any atom is 0.251 e. The number of aryl methyl sites for hydroxylation is 2. The minimum Gasteiger partial charge on any atom is -0.378 e. The van der Waals surface area contributed by atoms with Crippen molar-refractivity contribution in [2.75, 3.05) is 0 Å². The average Bonchev–Trinajstić information content (AvgIpc) is 2.92. The smallest absolute Gasteiger partial charge is 0.251 e. The van der Waals surface area contributed by atoms with E-state index in [1.807, 2.05) is 32.0 Å². The van der Waals surface area contributed by atoms with Gasteiger partial charge in [0.1, 0.15) is 5.60 Å². The molecule has 0 unspecified atom stereocenters. The van der Waals surface area contributed by atoms with Crippen molar-refractivity contribution in [3.63, 3.8) is 0 Å². The number of rotatable bonds is 5. The van der Waals surface area contributed by atoms with Crippen LogP contribution < -0.4 is 5.32 Å². The van der Waals surface area contributed by atoms with Crippen molar-refractivity contribution in [3.8, 4) is 11.8 Å². The third-order valence-corrected chi connectivity index (χ3v) is 8.43. The Balaban J connectivity index is 1.44. The third kappa shape index (κ3) is 5.20. The van der Waals surface area contributed by atoms with Crippen molar-refractivity contribution < 1.29 is 9.90 Å². The number of pyridine rings is 1. The molecule has 3 atom stereocenters. The number of hydrogen-bond donors (Lipinski definition) is 2. The van der Waals surface area contributed by atoms with Crippen molar-refractivity contribution >= 4 is 5.91 Å². The number of hydrogen-bond acceptors (Lipinski definition) is 3. The first-order chi connectivity index (χ1) is 17.9. The Labute approximate surface area is 220 Å². The van der Waals surface area contributed by atoms with Gasteiger partial charge in [0.15, 0.2) is 0 Å². The lowest BCUT2D eigenvalue weighted by molar-refractivity contribution is -0.00804. The molecular formula is C33H36N2O2. The van der Waals surface area contributed by atoms with E-state index in [9.17, 15) is 9.90 Å². The molecule has 1 saturated carbocycles. The molecule has 1 amide bonds. The summed E-state index contributed by atoms with van der Waals surface area (Å²) in [7, 11) is 0. The molecule has 0 radical (unpaired) electrons. The van der Waals surface area contributed by atoms with E-state index in [4.69, 9.17) is 0 Å². The molecule has 4 nitrogen and oxygen atoms in total. The Bertz CT molecular complexity index is 1340. The number of nitrogens with zero attached hydrogens (tertiary/aromatic N) is 1. The SMILES string of the molecule is CCC#C[C@@]1(O)CC[C@@]2(Cc3ccccc3)c3ccc(C(=O)NCc4cccnc4C)cc3CC[C@@H]2C1. The van der Waals surface area contributed by atoms with Gasteiger partial charge in [-0.25, -0.2) is 0 Å². The fourth-order valence-electron chi connectivity index (χ4n) is 6.47. The van der Waals surface area contributed by atoms with Gasteiger partial charge in [-0.1, -0.05) is 55.3 Å². The molecule has 2 aliphatic carbocycles. The normalized spacial score (nSPS) is 24.2. The van der Waals surface area contributed by atoms with Crippen molar-refractivity contribution in [1.29, 1.82) is 0 Å². The highest BCUT2D eigenvalue weighted by Gasteiger charge is 2.51. The standard InChI is InChI=1S/C33H36N2O2/c1-3-4-16-32(37)17-18-33(21-25-9-6-5-7-10-25)29(22-32)14-12-26-20-27(13-15-30(26)33)31(36)35-23-28-11-8-19-34-24(28)2/h5-11,13,15,19-20,29,37H,3,12,14,17-18,21-23H2,1-2H3,(H,35,36)/t29-,32-,33+/m1/s1. The van der Waals surface area contributed by atoms with E-state index in [0.717, 1.165) is 43.4 Å². The lowest BCUT2D eigenvalue weighted by Crippen LogP contribution is -2.51. The van der Waals surface area contributed by atoms with Crippen LogP contribution >= 0.6 is 0 Å². The topological polar surface area (TPSA) is 62.2 Å². The molecule has 190 valence electrons. The Morgan fingerprint density at radius 3 is 2.76 bits per heavy atom. The molecular weight excluding hydrogens is 456 g/mol. The second-order valence-corrected chi connectivity index (χ2v) is 10.7. The Morgan fingerprint density at radius 1 is 1.14 bits per heavy atom. The molecule has 1 fully saturated rings. The predicted octanol–water partition coefficient (Wildman–Crippen LogP) is 5.69. The zero-order valence-corrected chi connectivity index (χ0v) is 21.9. The van der Waals surface area contributed by atoms with Crippen molar-refractivity contribution in [2.24, 2.45) is 5.92 Å². The van der Waals surface area contributed by atoms with Crippen LogP contribution in [0.1, 0.15) is 77.3 Å². The second-order valence-electron chi connectivity index (χ2n) is 10.7. The van der Waals surface area contributed by atoms with E-state index in [1.54, 1.807) is 6.20 Å². The highest BCUT2D eigenvalue weighted by Crippen LogP contribution is 2.54. The van der Waals surface area contributed by atoms with Crippen LogP contribution in [-0.2, 0) is 24.8 Å². The maximum absolute atomic E-state index is 13.1. The Hall–Kier alpha value is -3.42. The Morgan fingerprint density at radius 2 is 1.97 bits per heavy atom. The highest BCUT2D eigenvalue weighted by atomic mass is 16.3. The number of carbonyl (C=O) groups excluding carboxylic acids is 1. The lowest BCUT2D eigenvalue weighted by Gasteiger charge is -2.52. The monoisotopic (exact) mass is 492 g/mol. The highest BCUT2D eigenvalue weighted by molar-refractivity contribution is 5.94. The summed E-state index contributed by atoms with van der Waals surface area (Å²) in [6.07, 6.45) is 7.65. The summed E-state index contributed by atoms with van der Waals surface area (Å²) in [6.45, 7) is 4.45. The quantitative estimate of drug-likeness (QED) is 0.450. The summed E-state index contributed by atoms with van der Waals surface area (Å²) in [4.78, 5) is 17.4. The predicted molar refractivity (Wildman–Crippen MR) is 147 cm³/mol. The number of nitrogens with one attached hydrogen (secondary N) is 1. The van der Waals surface area contributed by atoms with E-state index < -0.39 is 5.60 Å². The summed E-state index contributed by atoms with van der Waals surface area (Å²) in [5.74, 6) is 6.61. The molecule has 2 aromatic carbocycles. The van der Waals surface area contributed by atoms with Crippen molar-refractivity contribution in [1.82, 2.24) is 10.3 Å². The number of aliphatic hydroxyl groups is 1. The molecule has 2 N–H and O–H groups in total. The molecule has 1 heterocycles. The molecule has 1 aromatic heterocycles. The first-order valence-electron chi connectivity index (χ1n) is 13.5. The Kier molecular flexibility index (Phi) is 7.17. The summed E-state index contributed by atoms with van der Waals surface area (Å²) in [5, 5.41) is 14.4. The van der Waals surface area contributed by atoms with Gasteiger partial charge in [0.25, 0.3) is 5.91 Å². The van der Waals surface area contributed by atoms with Gasteiger partial charge in [-0.2, -0.15) is 0 Å². The fourth-order valence-corrected chi connectivity index (χ4v) is 6.47. The average molecular weight is 493 g/mol. The molecule has 0 spiro atoms. The zero-order valence-electron chi connectivity index (χ0n) is 21.9. The van der Waals surface area contributed by atoms with E-state index >= 15 is 0 Å². The second kappa shape index (κ2) is 10.5. The van der Waals surface area contributed by atoms with E-state index in [1.165, 1.54) is 16.7 Å². The van der Waals surface area contributed by atoms with Crippen LogP contribution in [0.4, 0.5) is 0 Å². The van der Waals surface area contributed by atoms with Crippen LogP contribution in [-0.4, -0.2) is 21.6 Å². The van der Waals surface area contributed by atoms with E-state index in [-0.39, 0.29) is 11.3 Å². The fraction of sp³-hybridized carbons (Fsp3) is 0.394. The molecule has 3 aromatic rings. The lowest BCUT2D eigenvalue weighted by atomic mass is 9.52. The maximum atomic E-state index is 13.1. The van der Waals surface area contributed by atoms with Gasteiger partial charge < -0.3 is 10.4 Å². The van der Waals surface area contributed by atoms with Gasteiger partial charge in [0.2, 0.25) is 0 Å². The number of carbonyl (C=O) groups is 1. The first kappa shape index (κ1) is 25.2.